The van der Waals surface area contributed by atoms with E-state index < -0.39 is 15.9 Å². The summed E-state index contributed by atoms with van der Waals surface area (Å²) < 4.78 is 26.2. The van der Waals surface area contributed by atoms with Gasteiger partial charge in [-0.05, 0) is 31.0 Å². The van der Waals surface area contributed by atoms with Crippen LogP contribution in [-0.2, 0) is 10.0 Å². The summed E-state index contributed by atoms with van der Waals surface area (Å²) in [4.78, 5) is 16.1. The number of nitrogens with zero attached hydrogens (tertiary/aromatic N) is 1. The van der Waals surface area contributed by atoms with Crippen LogP contribution in [0.5, 0.6) is 11.5 Å². The molecule has 1 aromatic carbocycles. The fourth-order valence-corrected chi connectivity index (χ4v) is 3.41. The zero-order valence-electron chi connectivity index (χ0n) is 12.4. The third kappa shape index (κ3) is 3.57. The molecule has 8 nitrogen and oxygen atoms in total. The lowest BCUT2D eigenvalue weighted by Gasteiger charge is -2.09. The number of phenols is 2. The molecule has 0 spiro atoms. The lowest BCUT2D eigenvalue weighted by molar-refractivity contribution is 0.102. The molecule has 0 bridgehead atoms. The Morgan fingerprint density at radius 3 is 2.50 bits per heavy atom. The number of amides is 1. The molecule has 4 N–H and O–H groups in total. The van der Waals surface area contributed by atoms with E-state index in [9.17, 15) is 23.4 Å². The second kappa shape index (κ2) is 6.00. The first-order valence-electron chi connectivity index (χ1n) is 7.15. The van der Waals surface area contributed by atoms with Crippen LogP contribution >= 0.6 is 0 Å². The summed E-state index contributed by atoms with van der Waals surface area (Å²) in [5.41, 5.74) is 0.640. The number of aromatic nitrogens is 1. The summed E-state index contributed by atoms with van der Waals surface area (Å²) in [7, 11) is -3.43. The number of sulfonamides is 1. The van der Waals surface area contributed by atoms with Gasteiger partial charge in [0.1, 0.15) is 0 Å². The van der Waals surface area contributed by atoms with Gasteiger partial charge in [-0.25, -0.2) is 8.42 Å². The summed E-state index contributed by atoms with van der Waals surface area (Å²) >= 11 is 0. The molecule has 0 atom stereocenters. The minimum Gasteiger partial charge on any atom is -0.504 e. The summed E-state index contributed by atoms with van der Waals surface area (Å²) in [5, 5.41) is 20.8. The second-order valence-electron chi connectivity index (χ2n) is 5.47. The van der Waals surface area contributed by atoms with Gasteiger partial charge in [0, 0.05) is 18.0 Å². The lowest BCUT2D eigenvalue weighted by Crippen LogP contribution is -2.18. The van der Waals surface area contributed by atoms with Crippen molar-refractivity contribution in [3.8, 4) is 11.5 Å². The van der Waals surface area contributed by atoms with Crippen LogP contribution in [0.15, 0.2) is 36.7 Å². The van der Waals surface area contributed by atoms with Gasteiger partial charge in [0.15, 0.2) is 11.5 Å². The summed E-state index contributed by atoms with van der Waals surface area (Å²) in [6, 6.07) is 5.23. The lowest BCUT2D eigenvalue weighted by atomic mass is 10.2. The number of hydrogen-bond donors (Lipinski definition) is 4. The first-order chi connectivity index (χ1) is 11.3. The van der Waals surface area contributed by atoms with Crippen LogP contribution in [0.2, 0.25) is 0 Å². The van der Waals surface area contributed by atoms with Crippen molar-refractivity contribution in [1.82, 2.24) is 4.98 Å². The van der Waals surface area contributed by atoms with Crippen molar-refractivity contribution in [1.29, 1.82) is 0 Å². The third-order valence-corrected chi connectivity index (χ3v) is 5.33. The van der Waals surface area contributed by atoms with E-state index in [4.69, 9.17) is 0 Å². The predicted octanol–water partition coefficient (Wildman–Crippen LogP) is 1.65. The summed E-state index contributed by atoms with van der Waals surface area (Å²) in [6.07, 6.45) is 3.88. The first-order valence-corrected chi connectivity index (χ1v) is 8.70. The van der Waals surface area contributed by atoms with Crippen LogP contribution < -0.4 is 10.0 Å². The maximum Gasteiger partial charge on any atom is 0.257 e. The van der Waals surface area contributed by atoms with Crippen molar-refractivity contribution in [2.75, 3.05) is 10.0 Å². The molecule has 3 rings (SSSR count). The van der Waals surface area contributed by atoms with E-state index in [2.05, 4.69) is 15.0 Å². The van der Waals surface area contributed by atoms with E-state index in [1.54, 1.807) is 0 Å². The Labute approximate surface area is 138 Å². The average molecular weight is 349 g/mol. The van der Waals surface area contributed by atoms with E-state index in [0.29, 0.717) is 12.8 Å². The fourth-order valence-electron chi connectivity index (χ4n) is 2.05. The van der Waals surface area contributed by atoms with Gasteiger partial charge >= 0.3 is 0 Å². The molecule has 1 heterocycles. The maximum absolute atomic E-state index is 12.2. The highest BCUT2D eigenvalue weighted by atomic mass is 32.2. The van der Waals surface area contributed by atoms with Crippen LogP contribution in [0.25, 0.3) is 0 Å². The molecule has 9 heteroatoms. The van der Waals surface area contributed by atoms with Crippen molar-refractivity contribution in [3.63, 3.8) is 0 Å². The molecule has 1 aliphatic rings. The number of hydrogen-bond acceptors (Lipinski definition) is 6. The second-order valence-corrected chi connectivity index (χ2v) is 7.43. The van der Waals surface area contributed by atoms with Crippen molar-refractivity contribution in [2.24, 2.45) is 0 Å². The highest BCUT2D eigenvalue weighted by Crippen LogP contribution is 2.30. The van der Waals surface area contributed by atoms with Crippen molar-refractivity contribution in [2.45, 2.75) is 18.1 Å². The predicted molar refractivity (Wildman–Crippen MR) is 87.5 cm³/mol. The van der Waals surface area contributed by atoms with Gasteiger partial charge < -0.3 is 15.5 Å². The van der Waals surface area contributed by atoms with E-state index in [0.717, 1.165) is 0 Å². The Morgan fingerprint density at radius 1 is 1.08 bits per heavy atom. The number of pyridine rings is 1. The molecule has 126 valence electrons. The molecule has 0 unspecified atom stereocenters. The van der Waals surface area contributed by atoms with Crippen LogP contribution in [0.1, 0.15) is 23.2 Å². The van der Waals surface area contributed by atoms with Gasteiger partial charge in [0.2, 0.25) is 10.0 Å². The van der Waals surface area contributed by atoms with E-state index in [1.807, 2.05) is 0 Å². The normalized spacial score (nSPS) is 14.2. The van der Waals surface area contributed by atoms with Crippen molar-refractivity contribution < 1.29 is 23.4 Å². The average Bonchev–Trinajstić information content (AvgIpc) is 3.36. The number of carbonyl (C=O) groups is 1. The number of nitrogens with one attached hydrogen (secondary N) is 2. The molecule has 2 aromatic rings. The van der Waals surface area contributed by atoms with E-state index in [-0.39, 0.29) is 33.7 Å². The number of aromatic hydroxyl groups is 2. The molecule has 1 saturated carbocycles. The van der Waals surface area contributed by atoms with Crippen molar-refractivity contribution >= 4 is 27.3 Å². The number of rotatable bonds is 5. The van der Waals surface area contributed by atoms with Crippen LogP contribution in [0.3, 0.4) is 0 Å². The Balaban J connectivity index is 1.75. The zero-order chi connectivity index (χ0) is 17.3. The Morgan fingerprint density at radius 2 is 1.83 bits per heavy atom. The van der Waals surface area contributed by atoms with Crippen LogP contribution in [0, 0.1) is 0 Å². The number of anilines is 2. The Bertz CT molecular complexity index is 894. The highest BCUT2D eigenvalue weighted by molar-refractivity contribution is 7.93. The topological polar surface area (TPSA) is 129 Å². The molecule has 1 amide bonds. The van der Waals surface area contributed by atoms with Crippen LogP contribution in [-0.4, -0.2) is 34.8 Å². The molecule has 1 aromatic heterocycles. The van der Waals surface area contributed by atoms with Gasteiger partial charge in [-0.2, -0.15) is 0 Å². The first kappa shape index (κ1) is 16.1. The molecule has 0 saturated heterocycles. The summed E-state index contributed by atoms with van der Waals surface area (Å²) in [5.74, 6) is -1.19. The number of carbonyl (C=O) groups excluding carboxylic acids is 1. The minimum absolute atomic E-state index is 0.151. The molecule has 0 radical (unpaired) electrons. The van der Waals surface area contributed by atoms with E-state index >= 15 is 0 Å². The maximum atomic E-state index is 12.2. The monoisotopic (exact) mass is 349 g/mol. The van der Waals surface area contributed by atoms with Gasteiger partial charge in [0.05, 0.1) is 22.7 Å². The van der Waals surface area contributed by atoms with Crippen LogP contribution in [0.4, 0.5) is 11.4 Å². The molecular formula is C15H15N3O5S. The summed E-state index contributed by atoms with van der Waals surface area (Å²) in [6.45, 7) is 0. The standard InChI is InChI=1S/C15H15N3O5S/c19-13-4-1-10(6-14(13)20)17-15(21)9-5-11(8-16-7-9)18-24(22,23)12-2-3-12/h1,4-8,12,18-20H,2-3H2,(H,17,21). The molecule has 0 aliphatic heterocycles. The quantitative estimate of drug-likeness (QED) is 0.480. The highest BCUT2D eigenvalue weighted by Gasteiger charge is 2.35. The van der Waals surface area contributed by atoms with Gasteiger partial charge in [-0.3, -0.25) is 14.5 Å². The van der Waals surface area contributed by atoms with E-state index in [1.165, 1.54) is 36.7 Å². The number of phenolic OH excluding ortho intramolecular Hbond substituents is 2. The zero-order valence-corrected chi connectivity index (χ0v) is 13.2. The van der Waals surface area contributed by atoms with Gasteiger partial charge in [-0.1, -0.05) is 0 Å². The minimum atomic E-state index is -3.43. The Hall–Kier alpha value is -2.81. The van der Waals surface area contributed by atoms with Gasteiger partial charge in [0.25, 0.3) is 5.91 Å². The third-order valence-electron chi connectivity index (χ3n) is 3.46. The molecule has 24 heavy (non-hydrogen) atoms. The van der Waals surface area contributed by atoms with Crippen molar-refractivity contribution in [3.05, 3.63) is 42.2 Å². The molecule has 1 aliphatic carbocycles. The number of benzene rings is 1. The largest absolute Gasteiger partial charge is 0.504 e. The Kier molecular flexibility index (Phi) is 4.02. The smallest absolute Gasteiger partial charge is 0.257 e. The van der Waals surface area contributed by atoms with Gasteiger partial charge in [-0.15, -0.1) is 0 Å². The molecule has 1 fully saturated rings. The molecular weight excluding hydrogens is 334 g/mol. The fraction of sp³-hybridized carbons (Fsp3) is 0.200. The SMILES string of the molecule is O=C(Nc1ccc(O)c(O)c1)c1cncc(NS(=O)(=O)C2CC2)c1.